The van der Waals surface area contributed by atoms with Crippen LogP contribution < -0.4 is 5.32 Å². The van der Waals surface area contributed by atoms with E-state index in [9.17, 15) is 13.6 Å². The SMILES string of the molecule is [C-]#[N+]c1ccc(-c2ccn(-c3ccc(CNC(=O)c4sccc4C)c(F)c3)n2)cc1F. The van der Waals surface area contributed by atoms with Gasteiger partial charge in [-0.1, -0.05) is 18.2 Å². The molecule has 0 saturated carbocycles. The number of carbonyl (C=O) groups is 1. The van der Waals surface area contributed by atoms with Crippen LogP contribution in [0.4, 0.5) is 14.5 Å². The van der Waals surface area contributed by atoms with E-state index >= 15 is 0 Å². The molecule has 4 rings (SSSR count). The van der Waals surface area contributed by atoms with Crippen LogP contribution in [0.1, 0.15) is 20.8 Å². The van der Waals surface area contributed by atoms with Crippen molar-refractivity contribution in [2.75, 3.05) is 0 Å². The number of aromatic nitrogens is 2. The molecule has 0 atom stereocenters. The Morgan fingerprint density at radius 1 is 1.16 bits per heavy atom. The Hall–Kier alpha value is -3.83. The van der Waals surface area contributed by atoms with Gasteiger partial charge in [-0.25, -0.2) is 18.3 Å². The molecule has 0 saturated heterocycles. The average molecular weight is 434 g/mol. The zero-order chi connectivity index (χ0) is 22.0. The molecule has 1 N–H and O–H groups in total. The highest BCUT2D eigenvalue weighted by atomic mass is 32.1. The second-order valence-corrected chi connectivity index (χ2v) is 7.73. The monoisotopic (exact) mass is 434 g/mol. The van der Waals surface area contributed by atoms with Crippen molar-refractivity contribution in [3.8, 4) is 16.9 Å². The number of amides is 1. The third-order valence-corrected chi connectivity index (χ3v) is 5.78. The number of thiophene rings is 1. The van der Waals surface area contributed by atoms with Crippen LogP contribution in [0.5, 0.6) is 0 Å². The largest absolute Gasteiger partial charge is 0.347 e. The molecule has 0 aliphatic carbocycles. The van der Waals surface area contributed by atoms with Crippen LogP contribution in [0.3, 0.4) is 0 Å². The fourth-order valence-electron chi connectivity index (χ4n) is 3.06. The van der Waals surface area contributed by atoms with Crippen LogP contribution in [0, 0.1) is 25.1 Å². The van der Waals surface area contributed by atoms with Gasteiger partial charge in [0.1, 0.15) is 11.6 Å². The Bertz CT molecular complexity index is 1320. The van der Waals surface area contributed by atoms with Crippen LogP contribution in [0.2, 0.25) is 0 Å². The number of nitrogens with one attached hydrogen (secondary N) is 1. The Balaban J connectivity index is 1.50. The van der Waals surface area contributed by atoms with Gasteiger partial charge in [-0.3, -0.25) is 4.79 Å². The topological polar surface area (TPSA) is 51.3 Å². The van der Waals surface area contributed by atoms with Crippen molar-refractivity contribution in [3.63, 3.8) is 0 Å². The zero-order valence-corrected chi connectivity index (χ0v) is 17.2. The van der Waals surface area contributed by atoms with E-state index in [-0.39, 0.29) is 18.1 Å². The van der Waals surface area contributed by atoms with Crippen molar-refractivity contribution in [3.05, 3.63) is 99.2 Å². The van der Waals surface area contributed by atoms with Crippen molar-refractivity contribution in [1.82, 2.24) is 15.1 Å². The maximum Gasteiger partial charge on any atom is 0.261 e. The standard InChI is InChI=1S/C23H16F2N4OS/c1-14-8-10-31-22(14)23(30)27-13-16-3-5-17(12-18(16)24)29-9-7-20(28-29)15-4-6-21(26-2)19(25)11-15/h3-12H,13H2,1H3,(H,27,30). The Morgan fingerprint density at radius 2 is 2.00 bits per heavy atom. The van der Waals surface area contributed by atoms with Crippen molar-refractivity contribution < 1.29 is 13.6 Å². The molecule has 2 aromatic heterocycles. The number of nitrogens with zero attached hydrogens (tertiary/aromatic N) is 3. The summed E-state index contributed by atoms with van der Waals surface area (Å²) in [6, 6.07) is 12.4. The van der Waals surface area contributed by atoms with Gasteiger partial charge < -0.3 is 5.32 Å². The minimum Gasteiger partial charge on any atom is -0.347 e. The predicted octanol–water partition coefficient (Wildman–Crippen LogP) is 5.67. The van der Waals surface area contributed by atoms with Gasteiger partial charge in [0.25, 0.3) is 5.91 Å². The molecular weight excluding hydrogens is 418 g/mol. The first-order chi connectivity index (χ1) is 15.0. The van der Waals surface area contributed by atoms with Crippen LogP contribution in [-0.2, 0) is 6.54 Å². The lowest BCUT2D eigenvalue weighted by atomic mass is 10.1. The van der Waals surface area contributed by atoms with Crippen LogP contribution in [-0.4, -0.2) is 15.7 Å². The summed E-state index contributed by atoms with van der Waals surface area (Å²) in [7, 11) is 0. The van der Waals surface area contributed by atoms with Gasteiger partial charge in [0, 0.05) is 23.9 Å². The maximum absolute atomic E-state index is 14.6. The number of hydrogen-bond acceptors (Lipinski definition) is 3. The molecule has 154 valence electrons. The summed E-state index contributed by atoms with van der Waals surface area (Å²) in [5, 5.41) is 8.95. The second kappa shape index (κ2) is 8.50. The number of hydrogen-bond donors (Lipinski definition) is 1. The molecule has 8 heteroatoms. The van der Waals surface area contributed by atoms with E-state index in [0.29, 0.717) is 27.4 Å². The fourth-order valence-corrected chi connectivity index (χ4v) is 3.90. The molecule has 1 amide bonds. The number of rotatable bonds is 5. The average Bonchev–Trinajstić information content (AvgIpc) is 3.42. The van der Waals surface area contributed by atoms with E-state index < -0.39 is 11.6 Å². The lowest BCUT2D eigenvalue weighted by molar-refractivity contribution is 0.0954. The van der Waals surface area contributed by atoms with Crippen LogP contribution in [0.25, 0.3) is 21.8 Å². The summed E-state index contributed by atoms with van der Waals surface area (Å²) in [6.07, 6.45) is 1.64. The molecule has 0 bridgehead atoms. The molecule has 0 aliphatic heterocycles. The molecule has 4 aromatic rings. The fraction of sp³-hybridized carbons (Fsp3) is 0.0870. The first-order valence-corrected chi connectivity index (χ1v) is 10.2. The summed E-state index contributed by atoms with van der Waals surface area (Å²) in [5.41, 5.74) is 2.70. The quantitative estimate of drug-likeness (QED) is 0.412. The van der Waals surface area contributed by atoms with Crippen molar-refractivity contribution in [2.24, 2.45) is 0 Å². The number of aryl methyl sites for hydroxylation is 1. The van der Waals surface area contributed by atoms with Crippen molar-refractivity contribution in [2.45, 2.75) is 13.5 Å². The molecule has 0 spiro atoms. The second-order valence-electron chi connectivity index (χ2n) is 6.81. The highest BCUT2D eigenvalue weighted by molar-refractivity contribution is 7.12. The first kappa shape index (κ1) is 20.4. The van der Waals surface area contributed by atoms with Gasteiger partial charge in [-0.05, 0) is 48.2 Å². The normalized spacial score (nSPS) is 10.6. The molecule has 2 heterocycles. The van der Waals surface area contributed by atoms with E-state index in [1.807, 2.05) is 18.4 Å². The summed E-state index contributed by atoms with van der Waals surface area (Å²) in [5.74, 6) is -1.31. The molecule has 0 unspecified atom stereocenters. The van der Waals surface area contributed by atoms with E-state index in [0.717, 1.165) is 5.56 Å². The molecular formula is C23H16F2N4OS. The smallest absolute Gasteiger partial charge is 0.261 e. The summed E-state index contributed by atoms with van der Waals surface area (Å²) in [4.78, 5) is 15.9. The van der Waals surface area contributed by atoms with Gasteiger partial charge in [-0.2, -0.15) is 5.10 Å². The Labute approximate surface area is 181 Å². The van der Waals surface area contributed by atoms with Crippen LogP contribution >= 0.6 is 11.3 Å². The lowest BCUT2D eigenvalue weighted by Gasteiger charge is -2.08. The number of halogens is 2. The molecule has 0 radical (unpaired) electrons. The molecule has 31 heavy (non-hydrogen) atoms. The first-order valence-electron chi connectivity index (χ1n) is 9.30. The summed E-state index contributed by atoms with van der Waals surface area (Å²) >= 11 is 1.34. The number of benzene rings is 2. The third kappa shape index (κ3) is 4.22. The minimum absolute atomic E-state index is 0.0535. The van der Waals surface area contributed by atoms with E-state index in [2.05, 4.69) is 15.3 Å². The highest BCUT2D eigenvalue weighted by Crippen LogP contribution is 2.25. The van der Waals surface area contributed by atoms with Gasteiger partial charge in [0.05, 0.1) is 22.8 Å². The van der Waals surface area contributed by atoms with Gasteiger partial charge >= 0.3 is 0 Å². The Kier molecular flexibility index (Phi) is 5.60. The van der Waals surface area contributed by atoms with Crippen molar-refractivity contribution in [1.29, 1.82) is 0 Å². The predicted molar refractivity (Wildman–Crippen MR) is 115 cm³/mol. The molecule has 0 aliphatic rings. The van der Waals surface area contributed by atoms with Crippen LogP contribution in [0.15, 0.2) is 60.1 Å². The van der Waals surface area contributed by atoms with Gasteiger partial charge in [0.2, 0.25) is 5.69 Å². The minimum atomic E-state index is -0.614. The lowest BCUT2D eigenvalue weighted by Crippen LogP contribution is -2.23. The van der Waals surface area contributed by atoms with Gasteiger partial charge in [-0.15, -0.1) is 11.3 Å². The Morgan fingerprint density at radius 3 is 2.68 bits per heavy atom. The highest BCUT2D eigenvalue weighted by Gasteiger charge is 2.13. The van der Waals surface area contributed by atoms with Crippen molar-refractivity contribution >= 4 is 22.9 Å². The summed E-state index contributed by atoms with van der Waals surface area (Å²) in [6.45, 7) is 8.84. The van der Waals surface area contributed by atoms with E-state index in [1.165, 1.54) is 34.2 Å². The molecule has 0 fully saturated rings. The molecule has 2 aromatic carbocycles. The zero-order valence-electron chi connectivity index (χ0n) is 16.4. The maximum atomic E-state index is 14.6. The van der Waals surface area contributed by atoms with E-state index in [4.69, 9.17) is 6.57 Å². The summed E-state index contributed by atoms with van der Waals surface area (Å²) < 4.78 is 30.0. The molecule has 5 nitrogen and oxygen atoms in total. The van der Waals surface area contributed by atoms with Gasteiger partial charge in [0.15, 0.2) is 0 Å². The number of carbonyl (C=O) groups excluding carboxylic acids is 1. The van der Waals surface area contributed by atoms with E-state index in [1.54, 1.807) is 30.5 Å². The third-order valence-electron chi connectivity index (χ3n) is 4.76.